The van der Waals surface area contributed by atoms with Crippen molar-refractivity contribution in [3.05, 3.63) is 63.7 Å². The number of ether oxygens (including phenoxy) is 2. The smallest absolute Gasteiger partial charge is 0.342 e. The quantitative estimate of drug-likeness (QED) is 0.616. The molecule has 0 amide bonds. The predicted octanol–water partition coefficient (Wildman–Crippen LogP) is 3.97. The summed E-state index contributed by atoms with van der Waals surface area (Å²) in [6.45, 7) is 7.48. The molecule has 0 aliphatic heterocycles. The van der Waals surface area contributed by atoms with Crippen molar-refractivity contribution < 1.29 is 19.1 Å². The molecule has 126 valence electrons. The van der Waals surface area contributed by atoms with Gasteiger partial charge in [0, 0.05) is 5.56 Å². The van der Waals surface area contributed by atoms with E-state index in [4.69, 9.17) is 9.47 Å². The largest absolute Gasteiger partial charge is 0.496 e. The Hall–Kier alpha value is -2.62. The van der Waals surface area contributed by atoms with Gasteiger partial charge in [0.05, 0.1) is 7.11 Å². The van der Waals surface area contributed by atoms with E-state index in [2.05, 4.69) is 6.07 Å². The molecule has 4 heteroatoms. The van der Waals surface area contributed by atoms with Crippen molar-refractivity contribution in [1.29, 1.82) is 0 Å². The molecule has 0 unspecified atom stereocenters. The number of para-hydroxylation sites is 1. The summed E-state index contributed by atoms with van der Waals surface area (Å²) in [5.74, 6) is -0.339. The first kappa shape index (κ1) is 17.7. The van der Waals surface area contributed by atoms with Crippen LogP contribution in [0.5, 0.6) is 5.75 Å². The molecule has 24 heavy (non-hydrogen) atoms. The maximum Gasteiger partial charge on any atom is 0.342 e. The third-order valence-corrected chi connectivity index (χ3v) is 4.31. The summed E-state index contributed by atoms with van der Waals surface area (Å²) < 4.78 is 10.3. The molecule has 2 aromatic rings. The molecule has 0 bridgehead atoms. The van der Waals surface area contributed by atoms with Crippen LogP contribution in [0.4, 0.5) is 0 Å². The van der Waals surface area contributed by atoms with Crippen molar-refractivity contribution in [2.45, 2.75) is 27.7 Å². The number of carbonyl (C=O) groups excluding carboxylic acids is 2. The summed E-state index contributed by atoms with van der Waals surface area (Å²) in [7, 11) is 1.49. The second-order valence-electron chi connectivity index (χ2n) is 5.83. The SMILES string of the molecule is COc1ccccc1C(=O)OCC(=O)c1c(C)c(C)cc(C)c1C. The molecule has 0 heterocycles. The second kappa shape index (κ2) is 7.30. The number of ketones is 1. The van der Waals surface area contributed by atoms with E-state index in [-0.39, 0.29) is 12.4 Å². The Bertz CT molecular complexity index is 764. The number of hydrogen-bond acceptors (Lipinski definition) is 4. The van der Waals surface area contributed by atoms with Gasteiger partial charge in [-0.2, -0.15) is 0 Å². The van der Waals surface area contributed by atoms with Gasteiger partial charge in [0.25, 0.3) is 0 Å². The average Bonchev–Trinajstić information content (AvgIpc) is 2.58. The number of carbonyl (C=O) groups is 2. The van der Waals surface area contributed by atoms with Crippen LogP contribution in [0.1, 0.15) is 43.0 Å². The van der Waals surface area contributed by atoms with Crippen molar-refractivity contribution in [3.8, 4) is 5.75 Å². The van der Waals surface area contributed by atoms with Crippen molar-refractivity contribution in [1.82, 2.24) is 0 Å². The highest BCUT2D eigenvalue weighted by Crippen LogP contribution is 2.23. The van der Waals surface area contributed by atoms with Crippen molar-refractivity contribution in [2.24, 2.45) is 0 Å². The number of benzene rings is 2. The minimum atomic E-state index is -0.569. The molecule has 0 aliphatic rings. The van der Waals surface area contributed by atoms with Gasteiger partial charge < -0.3 is 9.47 Å². The second-order valence-corrected chi connectivity index (χ2v) is 5.83. The molecule has 0 aliphatic carbocycles. The highest BCUT2D eigenvalue weighted by atomic mass is 16.5. The molecule has 0 saturated heterocycles. The van der Waals surface area contributed by atoms with Crippen molar-refractivity contribution in [3.63, 3.8) is 0 Å². The lowest BCUT2D eigenvalue weighted by molar-refractivity contribution is 0.0471. The molecule has 0 N–H and O–H groups in total. The lowest BCUT2D eigenvalue weighted by Gasteiger charge is -2.14. The fourth-order valence-electron chi connectivity index (χ4n) is 2.73. The highest BCUT2D eigenvalue weighted by Gasteiger charge is 2.19. The van der Waals surface area contributed by atoms with Crippen molar-refractivity contribution in [2.75, 3.05) is 13.7 Å². The van der Waals surface area contributed by atoms with E-state index in [0.29, 0.717) is 16.9 Å². The molecule has 2 aromatic carbocycles. The van der Waals surface area contributed by atoms with E-state index >= 15 is 0 Å². The topological polar surface area (TPSA) is 52.6 Å². The van der Waals surface area contributed by atoms with Gasteiger partial charge in [-0.15, -0.1) is 0 Å². The van der Waals surface area contributed by atoms with Crippen LogP contribution in [0.2, 0.25) is 0 Å². The number of hydrogen-bond donors (Lipinski definition) is 0. The first-order chi connectivity index (χ1) is 11.4. The molecule has 0 aromatic heterocycles. The zero-order chi connectivity index (χ0) is 17.9. The van der Waals surface area contributed by atoms with Crippen LogP contribution in [0.15, 0.2) is 30.3 Å². The van der Waals surface area contributed by atoms with Crippen LogP contribution in [-0.2, 0) is 4.74 Å². The standard InChI is InChI=1S/C20H22O4/c1-12-10-13(2)15(4)19(14(12)3)17(21)11-24-20(22)16-8-6-7-9-18(16)23-5/h6-10H,11H2,1-5H3. The molecule has 0 atom stereocenters. The Kier molecular flexibility index (Phi) is 5.39. The molecule has 0 radical (unpaired) electrons. The first-order valence-electron chi connectivity index (χ1n) is 7.77. The van der Waals surface area contributed by atoms with Gasteiger partial charge in [-0.05, 0) is 62.1 Å². The van der Waals surface area contributed by atoms with E-state index in [1.807, 2.05) is 27.7 Å². The maximum absolute atomic E-state index is 12.6. The van der Waals surface area contributed by atoms with E-state index in [9.17, 15) is 9.59 Å². The molecule has 0 saturated carbocycles. The Labute approximate surface area is 142 Å². The number of esters is 1. The highest BCUT2D eigenvalue weighted by molar-refractivity contribution is 6.02. The van der Waals surface area contributed by atoms with Gasteiger partial charge in [-0.25, -0.2) is 4.79 Å². The molecule has 0 fully saturated rings. The van der Waals surface area contributed by atoms with Gasteiger partial charge in [-0.1, -0.05) is 18.2 Å². The van der Waals surface area contributed by atoms with Crippen LogP contribution >= 0.6 is 0 Å². The lowest BCUT2D eigenvalue weighted by atomic mass is 9.92. The summed E-state index contributed by atoms with van der Waals surface area (Å²) in [5.41, 5.74) is 4.91. The zero-order valence-corrected chi connectivity index (χ0v) is 14.7. The molecule has 4 nitrogen and oxygen atoms in total. The summed E-state index contributed by atoms with van der Waals surface area (Å²) in [6, 6.07) is 8.83. The number of methoxy groups -OCH3 is 1. The Morgan fingerprint density at radius 3 is 2.12 bits per heavy atom. The number of rotatable bonds is 5. The third kappa shape index (κ3) is 3.48. The van der Waals surface area contributed by atoms with Crippen LogP contribution in [0.3, 0.4) is 0 Å². The Morgan fingerprint density at radius 1 is 0.958 bits per heavy atom. The maximum atomic E-state index is 12.6. The zero-order valence-electron chi connectivity index (χ0n) is 14.7. The monoisotopic (exact) mass is 326 g/mol. The molecule has 2 rings (SSSR count). The van der Waals surface area contributed by atoms with Crippen LogP contribution in [-0.4, -0.2) is 25.5 Å². The summed E-state index contributed by atoms with van der Waals surface area (Å²) in [6.07, 6.45) is 0. The van der Waals surface area contributed by atoms with Crippen LogP contribution in [0.25, 0.3) is 0 Å². The summed E-state index contributed by atoms with van der Waals surface area (Å²) in [5, 5.41) is 0. The van der Waals surface area contributed by atoms with Gasteiger partial charge in [0.15, 0.2) is 6.61 Å². The molecular weight excluding hydrogens is 304 g/mol. The minimum absolute atomic E-state index is 0.194. The van der Waals surface area contributed by atoms with Gasteiger partial charge in [-0.3, -0.25) is 4.79 Å². The third-order valence-electron chi connectivity index (χ3n) is 4.31. The normalized spacial score (nSPS) is 10.4. The fourth-order valence-corrected chi connectivity index (χ4v) is 2.73. The number of Topliss-reactive ketones (excluding diaryl/α,β-unsaturated/α-hetero) is 1. The van der Waals surface area contributed by atoms with E-state index in [1.54, 1.807) is 24.3 Å². The average molecular weight is 326 g/mol. The van der Waals surface area contributed by atoms with E-state index in [1.165, 1.54) is 7.11 Å². The molecular formula is C20H22O4. The lowest BCUT2D eigenvalue weighted by Crippen LogP contribution is -2.17. The summed E-state index contributed by atoms with van der Waals surface area (Å²) in [4.78, 5) is 24.8. The van der Waals surface area contributed by atoms with Gasteiger partial charge in [0.2, 0.25) is 5.78 Å². The number of aryl methyl sites for hydroxylation is 2. The van der Waals surface area contributed by atoms with Crippen molar-refractivity contribution >= 4 is 11.8 Å². The Morgan fingerprint density at radius 2 is 1.54 bits per heavy atom. The first-order valence-corrected chi connectivity index (χ1v) is 7.77. The van der Waals surface area contributed by atoms with E-state index < -0.39 is 5.97 Å². The van der Waals surface area contributed by atoms with Crippen LogP contribution < -0.4 is 4.74 Å². The van der Waals surface area contributed by atoms with Gasteiger partial charge >= 0.3 is 5.97 Å². The van der Waals surface area contributed by atoms with Crippen LogP contribution in [0, 0.1) is 27.7 Å². The minimum Gasteiger partial charge on any atom is -0.496 e. The van der Waals surface area contributed by atoms with Gasteiger partial charge in [0.1, 0.15) is 11.3 Å². The Balaban J connectivity index is 2.19. The predicted molar refractivity (Wildman–Crippen MR) is 93.0 cm³/mol. The van der Waals surface area contributed by atoms with E-state index in [0.717, 1.165) is 22.3 Å². The molecule has 0 spiro atoms. The fraction of sp³-hybridized carbons (Fsp3) is 0.300. The summed E-state index contributed by atoms with van der Waals surface area (Å²) >= 11 is 0.